The third kappa shape index (κ3) is 6.87. The molecule has 0 aromatic heterocycles. The fourth-order valence-corrected chi connectivity index (χ4v) is 5.58. The minimum absolute atomic E-state index is 0.198. The largest absolute Gasteiger partial charge is 0.490 e. The number of nitrogens with one attached hydrogen (secondary N) is 1. The van der Waals surface area contributed by atoms with Gasteiger partial charge in [0.2, 0.25) is 0 Å². The molecule has 2 amide bonds. The van der Waals surface area contributed by atoms with Crippen LogP contribution in [-0.2, 0) is 31.6 Å². The number of rotatable bonds is 8. The standard InChI is InChI=1S/C11H19N2O12P3/c1-7-5-9(23-10(7)13-4-3-8(2)12-11(13)14)6-22-27(18,19)25-28(20,21)24-26(15,16)17/h3-4,7,9-10H,2,5-6H2,1H3,(H,12,14)(H,18,19)(H,20,21)(H2,15,16,17). The Morgan fingerprint density at radius 3 is 2.46 bits per heavy atom. The van der Waals surface area contributed by atoms with E-state index in [-0.39, 0.29) is 5.92 Å². The molecule has 160 valence electrons. The second-order valence-electron chi connectivity index (χ2n) is 5.93. The van der Waals surface area contributed by atoms with Crippen molar-refractivity contribution in [3.8, 4) is 0 Å². The van der Waals surface area contributed by atoms with Gasteiger partial charge in [0.25, 0.3) is 0 Å². The van der Waals surface area contributed by atoms with E-state index in [0.29, 0.717) is 12.1 Å². The number of nitrogens with zero attached hydrogens (tertiary/aromatic N) is 1. The molecule has 14 nitrogen and oxygen atoms in total. The van der Waals surface area contributed by atoms with Crippen molar-refractivity contribution in [2.45, 2.75) is 25.7 Å². The van der Waals surface area contributed by atoms with Crippen molar-refractivity contribution in [1.82, 2.24) is 10.2 Å². The van der Waals surface area contributed by atoms with Gasteiger partial charge < -0.3 is 29.6 Å². The van der Waals surface area contributed by atoms with Crippen molar-refractivity contribution < 1.29 is 55.9 Å². The number of hydrogen-bond donors (Lipinski definition) is 5. The first kappa shape index (κ1) is 23.4. The van der Waals surface area contributed by atoms with Crippen molar-refractivity contribution in [2.24, 2.45) is 5.92 Å². The molecule has 0 aromatic carbocycles. The maximum absolute atomic E-state index is 12.0. The molecule has 1 saturated heterocycles. The van der Waals surface area contributed by atoms with Crippen molar-refractivity contribution in [3.63, 3.8) is 0 Å². The summed E-state index contributed by atoms with van der Waals surface area (Å²) in [7, 11) is -16.3. The zero-order valence-corrected chi connectivity index (χ0v) is 17.0. The van der Waals surface area contributed by atoms with Gasteiger partial charge in [-0.15, -0.1) is 0 Å². The predicted octanol–water partition coefficient (Wildman–Crippen LogP) is 1.13. The van der Waals surface area contributed by atoms with Crippen LogP contribution in [0.2, 0.25) is 0 Å². The normalized spacial score (nSPS) is 30.0. The number of phosphoric acid groups is 3. The number of ether oxygens (including phenoxy) is 1. The monoisotopic (exact) mass is 464 g/mol. The lowest BCUT2D eigenvalue weighted by molar-refractivity contribution is -0.0450. The molecule has 0 aliphatic carbocycles. The second kappa shape index (κ2) is 8.47. The quantitative estimate of drug-likeness (QED) is 0.321. The molecule has 2 aliphatic heterocycles. The molecule has 17 heteroatoms. The number of urea groups is 1. The average molecular weight is 464 g/mol. The predicted molar refractivity (Wildman–Crippen MR) is 90.9 cm³/mol. The lowest BCUT2D eigenvalue weighted by Gasteiger charge is -2.30. The highest BCUT2D eigenvalue weighted by Crippen LogP contribution is 2.66. The minimum Gasteiger partial charge on any atom is -0.352 e. The van der Waals surface area contributed by atoms with Gasteiger partial charge in [-0.2, -0.15) is 8.62 Å². The van der Waals surface area contributed by atoms with Gasteiger partial charge in [-0.05, 0) is 12.5 Å². The van der Waals surface area contributed by atoms with E-state index in [1.807, 2.05) is 0 Å². The third-order valence-electron chi connectivity index (χ3n) is 3.51. The lowest BCUT2D eigenvalue weighted by Crippen LogP contribution is -2.46. The fraction of sp³-hybridized carbons (Fsp3) is 0.545. The first-order valence-electron chi connectivity index (χ1n) is 7.58. The Labute approximate surface area is 159 Å². The third-order valence-corrected chi connectivity index (χ3v) is 7.31. The van der Waals surface area contributed by atoms with E-state index in [1.165, 1.54) is 11.1 Å². The van der Waals surface area contributed by atoms with E-state index in [1.54, 1.807) is 13.0 Å². The zero-order valence-electron chi connectivity index (χ0n) is 14.4. The Hall–Kier alpha value is -0.880. The molecule has 0 saturated carbocycles. The smallest absolute Gasteiger partial charge is 0.352 e. The van der Waals surface area contributed by atoms with E-state index < -0.39 is 48.4 Å². The van der Waals surface area contributed by atoms with Crippen LogP contribution in [0.5, 0.6) is 0 Å². The van der Waals surface area contributed by atoms with Gasteiger partial charge in [0, 0.05) is 17.8 Å². The summed E-state index contributed by atoms with van der Waals surface area (Å²) in [5.74, 6) is -0.198. The van der Waals surface area contributed by atoms with Crippen molar-refractivity contribution in [2.75, 3.05) is 6.61 Å². The number of carbonyl (C=O) groups excluding carboxylic acids is 1. The molecule has 0 spiro atoms. The van der Waals surface area contributed by atoms with Crippen LogP contribution in [0, 0.1) is 5.92 Å². The summed E-state index contributed by atoms with van der Waals surface area (Å²) < 4.78 is 50.9. The van der Waals surface area contributed by atoms with E-state index >= 15 is 0 Å². The van der Waals surface area contributed by atoms with Crippen molar-refractivity contribution in [3.05, 3.63) is 24.6 Å². The van der Waals surface area contributed by atoms with Crippen LogP contribution in [-0.4, -0.2) is 49.4 Å². The highest BCUT2D eigenvalue weighted by molar-refractivity contribution is 7.66. The number of allylic oxidation sites excluding steroid dienone is 1. The molecule has 2 heterocycles. The number of phosphoric ester groups is 1. The molecule has 5 atom stereocenters. The van der Waals surface area contributed by atoms with Gasteiger partial charge >= 0.3 is 29.5 Å². The van der Waals surface area contributed by atoms with Crippen LogP contribution in [0.3, 0.4) is 0 Å². The van der Waals surface area contributed by atoms with Crippen LogP contribution in [0.4, 0.5) is 4.79 Å². The van der Waals surface area contributed by atoms with Gasteiger partial charge in [-0.25, -0.2) is 18.5 Å². The molecule has 1 fully saturated rings. The maximum atomic E-state index is 12.0. The van der Waals surface area contributed by atoms with Gasteiger partial charge in [-0.3, -0.25) is 9.42 Å². The van der Waals surface area contributed by atoms with Crippen LogP contribution in [0.25, 0.3) is 0 Å². The lowest BCUT2D eigenvalue weighted by atomic mass is 10.1. The summed E-state index contributed by atoms with van der Waals surface area (Å²) in [6.07, 6.45) is 1.83. The Morgan fingerprint density at radius 1 is 1.25 bits per heavy atom. The van der Waals surface area contributed by atoms with Crippen LogP contribution in [0.1, 0.15) is 13.3 Å². The summed E-state index contributed by atoms with van der Waals surface area (Å²) in [5.41, 5.74) is 0.399. The SMILES string of the molecule is C=C1C=CN(C2OC(COP(=O)(O)OP(=O)(O)OP(=O)(O)O)CC2C)C(=O)N1. The molecule has 5 N–H and O–H groups in total. The second-order valence-corrected chi connectivity index (χ2v) is 10.3. The summed E-state index contributed by atoms with van der Waals surface area (Å²) in [6.45, 7) is 4.78. The van der Waals surface area contributed by atoms with Gasteiger partial charge in [0.15, 0.2) is 0 Å². The maximum Gasteiger partial charge on any atom is 0.490 e. The van der Waals surface area contributed by atoms with E-state index in [0.717, 1.165) is 0 Å². The summed E-state index contributed by atoms with van der Waals surface area (Å²) in [4.78, 5) is 48.7. The molecule has 5 unspecified atom stereocenters. The van der Waals surface area contributed by atoms with Gasteiger partial charge in [0.05, 0.1) is 12.7 Å². The highest BCUT2D eigenvalue weighted by atomic mass is 31.3. The van der Waals surface area contributed by atoms with Crippen LogP contribution >= 0.6 is 23.5 Å². The number of hydrogen-bond acceptors (Lipinski definition) is 8. The van der Waals surface area contributed by atoms with Gasteiger partial charge in [0.1, 0.15) is 6.23 Å². The van der Waals surface area contributed by atoms with Crippen LogP contribution in [0.15, 0.2) is 24.6 Å². The minimum atomic E-state index is -5.58. The van der Waals surface area contributed by atoms with Crippen molar-refractivity contribution in [1.29, 1.82) is 0 Å². The molecule has 0 aromatic rings. The molecule has 0 radical (unpaired) electrons. The molecule has 28 heavy (non-hydrogen) atoms. The summed E-state index contributed by atoms with van der Waals surface area (Å²) in [6, 6.07) is -0.474. The first-order valence-corrected chi connectivity index (χ1v) is 12.1. The van der Waals surface area contributed by atoms with Crippen molar-refractivity contribution >= 4 is 29.5 Å². The van der Waals surface area contributed by atoms with E-state index in [4.69, 9.17) is 19.4 Å². The first-order chi connectivity index (χ1) is 12.7. The van der Waals surface area contributed by atoms with Gasteiger partial charge in [-0.1, -0.05) is 13.5 Å². The molecular formula is C11H19N2O12P3. The Kier molecular flexibility index (Phi) is 7.08. The average Bonchev–Trinajstić information content (AvgIpc) is 2.82. The number of amides is 2. The fourth-order valence-electron chi connectivity index (χ4n) is 2.53. The Morgan fingerprint density at radius 2 is 1.89 bits per heavy atom. The van der Waals surface area contributed by atoms with E-state index in [9.17, 15) is 23.4 Å². The highest BCUT2D eigenvalue weighted by Gasteiger charge is 2.43. The molecule has 0 bridgehead atoms. The summed E-state index contributed by atoms with van der Waals surface area (Å²) >= 11 is 0. The Bertz CT molecular complexity index is 809. The van der Waals surface area contributed by atoms with E-state index in [2.05, 4.69) is 25.0 Å². The molecule has 2 rings (SSSR count). The molecule has 2 aliphatic rings. The number of carbonyl (C=O) groups is 1. The summed E-state index contributed by atoms with van der Waals surface area (Å²) in [5, 5.41) is 2.50. The van der Waals surface area contributed by atoms with Crippen LogP contribution < -0.4 is 5.32 Å². The zero-order chi connectivity index (χ0) is 21.3. The topological polar surface area (TPSA) is 201 Å². The molecular weight excluding hydrogens is 445 g/mol. The Balaban J connectivity index is 1.92.